The SMILES string of the molecule is Cc1c(N)cncc1-c1cc2cc(NC(=O)C3CC3C(F)(F)F)ncc2c(N)n1. The second-order valence-electron chi connectivity index (χ2n) is 7.06. The van der Waals surface area contributed by atoms with Crippen LogP contribution in [0.3, 0.4) is 0 Å². The van der Waals surface area contributed by atoms with Gasteiger partial charge in [-0.1, -0.05) is 0 Å². The van der Waals surface area contributed by atoms with Crippen molar-refractivity contribution < 1.29 is 18.0 Å². The lowest BCUT2D eigenvalue weighted by atomic mass is 10.0. The monoisotopic (exact) mass is 402 g/mol. The number of amides is 1. The Kier molecular flexibility index (Phi) is 4.29. The fourth-order valence-corrected chi connectivity index (χ4v) is 3.25. The second kappa shape index (κ2) is 6.57. The quantitative estimate of drug-likeness (QED) is 0.618. The molecule has 1 aliphatic carbocycles. The molecular formula is C19H17F3N6O. The van der Waals surface area contributed by atoms with Gasteiger partial charge in [0, 0.05) is 23.3 Å². The zero-order chi connectivity index (χ0) is 20.9. The summed E-state index contributed by atoms with van der Waals surface area (Å²) in [5, 5.41) is 3.64. The molecule has 1 amide bonds. The van der Waals surface area contributed by atoms with Crippen molar-refractivity contribution in [2.75, 3.05) is 16.8 Å². The lowest BCUT2D eigenvalue weighted by Crippen LogP contribution is -2.20. The van der Waals surface area contributed by atoms with Gasteiger partial charge in [0.1, 0.15) is 11.6 Å². The summed E-state index contributed by atoms with van der Waals surface area (Å²) in [5.74, 6) is -2.99. The maximum Gasteiger partial charge on any atom is 0.392 e. The molecule has 1 fully saturated rings. The third kappa shape index (κ3) is 3.53. The van der Waals surface area contributed by atoms with E-state index in [2.05, 4.69) is 20.3 Å². The van der Waals surface area contributed by atoms with E-state index in [0.29, 0.717) is 27.7 Å². The van der Waals surface area contributed by atoms with Crippen LogP contribution in [0.1, 0.15) is 12.0 Å². The first-order chi connectivity index (χ1) is 13.6. The minimum absolute atomic E-state index is 0.147. The molecule has 3 heterocycles. The van der Waals surface area contributed by atoms with Gasteiger partial charge in [-0.2, -0.15) is 13.2 Å². The number of rotatable bonds is 3. The molecule has 0 bridgehead atoms. The van der Waals surface area contributed by atoms with E-state index in [-0.39, 0.29) is 18.1 Å². The van der Waals surface area contributed by atoms with Gasteiger partial charge < -0.3 is 16.8 Å². The normalized spacial score (nSPS) is 18.6. The number of halogens is 3. The highest BCUT2D eigenvalue weighted by molar-refractivity contribution is 5.98. The summed E-state index contributed by atoms with van der Waals surface area (Å²) in [6, 6.07) is 3.29. The highest BCUT2D eigenvalue weighted by Gasteiger charge is 2.58. The molecule has 150 valence electrons. The zero-order valence-electron chi connectivity index (χ0n) is 15.3. The summed E-state index contributed by atoms with van der Waals surface area (Å²) < 4.78 is 38.0. The fraction of sp³-hybridized carbons (Fsp3) is 0.263. The third-order valence-corrected chi connectivity index (χ3v) is 5.07. The number of carbonyl (C=O) groups excluding carboxylic acids is 1. The molecule has 3 aromatic rings. The van der Waals surface area contributed by atoms with E-state index in [1.54, 1.807) is 18.3 Å². The van der Waals surface area contributed by atoms with Gasteiger partial charge in [-0.05, 0) is 36.4 Å². The highest BCUT2D eigenvalue weighted by atomic mass is 19.4. The Labute approximate surface area is 163 Å². The largest absolute Gasteiger partial charge is 0.397 e. The van der Waals surface area contributed by atoms with Crippen molar-refractivity contribution in [3.63, 3.8) is 0 Å². The number of alkyl halides is 3. The van der Waals surface area contributed by atoms with Gasteiger partial charge in [0.2, 0.25) is 5.91 Å². The Hall–Kier alpha value is -3.43. The molecule has 0 radical (unpaired) electrons. The van der Waals surface area contributed by atoms with Crippen molar-refractivity contribution in [2.24, 2.45) is 11.8 Å². The molecule has 3 aromatic heterocycles. The number of hydrogen-bond acceptors (Lipinski definition) is 6. The first-order valence-electron chi connectivity index (χ1n) is 8.79. The predicted molar refractivity (Wildman–Crippen MR) is 103 cm³/mol. The van der Waals surface area contributed by atoms with Crippen molar-refractivity contribution in [3.05, 3.63) is 36.3 Å². The standard InChI is InChI=1S/C19H17F3N6O/c1-8-11(5-25-7-14(8)23)15-2-9-3-16(26-6-12(9)17(24)27-15)28-18(29)10-4-13(10)19(20,21)22/h2-3,5-7,10,13H,4,23H2,1H3,(H2,24,27)(H,26,28,29). The van der Waals surface area contributed by atoms with E-state index >= 15 is 0 Å². The molecule has 0 aliphatic heterocycles. The molecule has 1 saturated carbocycles. The van der Waals surface area contributed by atoms with Crippen LogP contribution in [0.5, 0.6) is 0 Å². The van der Waals surface area contributed by atoms with Crippen molar-refractivity contribution in [1.29, 1.82) is 0 Å². The van der Waals surface area contributed by atoms with Crippen molar-refractivity contribution in [3.8, 4) is 11.3 Å². The van der Waals surface area contributed by atoms with Crippen LogP contribution in [0.4, 0.5) is 30.5 Å². The fourth-order valence-electron chi connectivity index (χ4n) is 3.25. The first kappa shape index (κ1) is 18.9. The number of nitrogens with two attached hydrogens (primary N) is 2. The van der Waals surface area contributed by atoms with E-state index in [1.165, 1.54) is 12.4 Å². The molecule has 10 heteroatoms. The summed E-state index contributed by atoms with van der Waals surface area (Å²) in [7, 11) is 0. The summed E-state index contributed by atoms with van der Waals surface area (Å²) in [5.41, 5.74) is 14.5. The van der Waals surface area contributed by atoms with Gasteiger partial charge in [0.25, 0.3) is 0 Å². The molecule has 29 heavy (non-hydrogen) atoms. The average Bonchev–Trinajstić information content (AvgIpc) is 3.45. The minimum atomic E-state index is -4.36. The number of fused-ring (bicyclic) bond motifs is 1. The van der Waals surface area contributed by atoms with Gasteiger partial charge in [0.15, 0.2) is 0 Å². The van der Waals surface area contributed by atoms with E-state index < -0.39 is 23.9 Å². The topological polar surface area (TPSA) is 120 Å². The van der Waals surface area contributed by atoms with Crippen LogP contribution in [-0.4, -0.2) is 27.0 Å². The van der Waals surface area contributed by atoms with E-state index in [9.17, 15) is 18.0 Å². The van der Waals surface area contributed by atoms with Crippen LogP contribution in [0.15, 0.2) is 30.7 Å². The predicted octanol–water partition coefficient (Wildman–Crippen LogP) is 3.30. The number of nitrogens with one attached hydrogen (secondary N) is 1. The zero-order valence-corrected chi connectivity index (χ0v) is 15.3. The lowest BCUT2D eigenvalue weighted by Gasteiger charge is -2.11. The molecule has 7 nitrogen and oxygen atoms in total. The Bertz CT molecular complexity index is 1130. The van der Waals surface area contributed by atoms with Gasteiger partial charge >= 0.3 is 6.18 Å². The number of anilines is 3. The maximum absolute atomic E-state index is 12.7. The Morgan fingerprint density at radius 1 is 1.21 bits per heavy atom. The van der Waals surface area contributed by atoms with Gasteiger partial charge in [-0.25, -0.2) is 9.97 Å². The molecule has 0 aromatic carbocycles. The van der Waals surface area contributed by atoms with Gasteiger partial charge in [-0.3, -0.25) is 9.78 Å². The number of aromatic nitrogens is 3. The van der Waals surface area contributed by atoms with Crippen LogP contribution >= 0.6 is 0 Å². The Balaban J connectivity index is 1.65. The number of pyridine rings is 3. The number of carbonyl (C=O) groups is 1. The van der Waals surface area contributed by atoms with Crippen LogP contribution < -0.4 is 16.8 Å². The lowest BCUT2D eigenvalue weighted by molar-refractivity contribution is -0.153. The summed E-state index contributed by atoms with van der Waals surface area (Å²) in [6.07, 6.45) is 0.0129. The van der Waals surface area contributed by atoms with Crippen molar-refractivity contribution in [1.82, 2.24) is 15.0 Å². The molecule has 0 spiro atoms. The van der Waals surface area contributed by atoms with Crippen LogP contribution in [0, 0.1) is 18.8 Å². The molecule has 1 aliphatic rings. The van der Waals surface area contributed by atoms with Crippen LogP contribution in [-0.2, 0) is 4.79 Å². The summed E-state index contributed by atoms with van der Waals surface area (Å²) in [4.78, 5) is 24.6. The van der Waals surface area contributed by atoms with Gasteiger partial charge in [0.05, 0.1) is 29.4 Å². The highest BCUT2D eigenvalue weighted by Crippen LogP contribution is 2.50. The van der Waals surface area contributed by atoms with E-state index in [0.717, 1.165) is 5.56 Å². The summed E-state index contributed by atoms with van der Waals surface area (Å²) >= 11 is 0. The summed E-state index contributed by atoms with van der Waals surface area (Å²) in [6.45, 7) is 1.83. The molecule has 4 rings (SSSR count). The maximum atomic E-state index is 12.7. The molecule has 2 unspecified atom stereocenters. The Morgan fingerprint density at radius 3 is 2.66 bits per heavy atom. The van der Waals surface area contributed by atoms with Crippen molar-refractivity contribution >= 4 is 34.0 Å². The van der Waals surface area contributed by atoms with E-state index in [1.807, 2.05) is 6.92 Å². The van der Waals surface area contributed by atoms with Crippen LogP contribution in [0.2, 0.25) is 0 Å². The van der Waals surface area contributed by atoms with Crippen LogP contribution in [0.25, 0.3) is 22.0 Å². The molecule has 0 saturated heterocycles. The molecule has 5 N–H and O–H groups in total. The van der Waals surface area contributed by atoms with E-state index in [4.69, 9.17) is 11.5 Å². The number of nitrogens with zero attached hydrogens (tertiary/aromatic N) is 3. The Morgan fingerprint density at radius 2 is 1.97 bits per heavy atom. The smallest absolute Gasteiger partial charge is 0.392 e. The second-order valence-corrected chi connectivity index (χ2v) is 7.06. The number of hydrogen-bond donors (Lipinski definition) is 3. The van der Waals surface area contributed by atoms with Gasteiger partial charge in [-0.15, -0.1) is 0 Å². The number of nitrogen functional groups attached to an aromatic ring is 2. The first-order valence-corrected chi connectivity index (χ1v) is 8.79. The minimum Gasteiger partial charge on any atom is -0.397 e. The third-order valence-electron chi connectivity index (χ3n) is 5.07. The van der Waals surface area contributed by atoms with Crippen molar-refractivity contribution in [2.45, 2.75) is 19.5 Å². The average molecular weight is 402 g/mol. The molecular weight excluding hydrogens is 385 g/mol. The molecule has 2 atom stereocenters.